The zero-order valence-corrected chi connectivity index (χ0v) is 19.4. The van der Waals surface area contributed by atoms with Crippen LogP contribution >= 0.6 is 0 Å². The van der Waals surface area contributed by atoms with Gasteiger partial charge in [0, 0.05) is 31.5 Å². The molecule has 0 saturated carbocycles. The SMILES string of the molecule is Cc1cc(C)cc(NC(=O)C(=O)NC[C@@H](c2ccc3c(c2)CCCN3C)N2CCCC2)c1. The number of nitrogens with zero attached hydrogens (tertiary/aromatic N) is 2. The van der Waals surface area contributed by atoms with Crippen LogP contribution in [0.4, 0.5) is 11.4 Å². The van der Waals surface area contributed by atoms with E-state index in [1.54, 1.807) is 0 Å². The maximum absolute atomic E-state index is 12.6. The van der Waals surface area contributed by atoms with Crippen molar-refractivity contribution in [3.8, 4) is 0 Å². The molecular formula is C26H34N4O2. The van der Waals surface area contributed by atoms with Crippen molar-refractivity contribution in [1.29, 1.82) is 0 Å². The van der Waals surface area contributed by atoms with E-state index in [9.17, 15) is 9.59 Å². The Morgan fingerprint density at radius 1 is 0.938 bits per heavy atom. The van der Waals surface area contributed by atoms with Crippen LogP contribution in [0.25, 0.3) is 0 Å². The molecule has 0 aliphatic carbocycles. The summed E-state index contributed by atoms with van der Waals surface area (Å²) in [6.45, 7) is 7.50. The van der Waals surface area contributed by atoms with E-state index in [1.807, 2.05) is 32.0 Å². The predicted molar refractivity (Wildman–Crippen MR) is 129 cm³/mol. The van der Waals surface area contributed by atoms with E-state index in [-0.39, 0.29) is 6.04 Å². The molecule has 6 heteroatoms. The quantitative estimate of drug-likeness (QED) is 0.706. The molecule has 0 spiro atoms. The van der Waals surface area contributed by atoms with Crippen LogP contribution in [-0.2, 0) is 16.0 Å². The minimum Gasteiger partial charge on any atom is -0.374 e. The Balaban J connectivity index is 1.45. The van der Waals surface area contributed by atoms with Crippen LogP contribution in [0.5, 0.6) is 0 Å². The Kier molecular flexibility index (Phi) is 6.80. The molecule has 32 heavy (non-hydrogen) atoms. The summed E-state index contributed by atoms with van der Waals surface area (Å²) < 4.78 is 0. The first-order valence-corrected chi connectivity index (χ1v) is 11.7. The Hall–Kier alpha value is -2.86. The number of amides is 2. The highest BCUT2D eigenvalue weighted by atomic mass is 16.2. The predicted octanol–water partition coefficient (Wildman–Crippen LogP) is 3.58. The molecule has 2 aliphatic rings. The Labute approximate surface area is 191 Å². The van der Waals surface area contributed by atoms with Crippen LogP contribution in [0, 0.1) is 13.8 Å². The number of benzene rings is 2. The number of rotatable bonds is 5. The molecule has 0 aromatic heterocycles. The number of hydrogen-bond donors (Lipinski definition) is 2. The van der Waals surface area contributed by atoms with Gasteiger partial charge >= 0.3 is 11.8 Å². The third kappa shape index (κ3) is 5.13. The molecule has 2 aliphatic heterocycles. The highest BCUT2D eigenvalue weighted by Crippen LogP contribution is 2.31. The van der Waals surface area contributed by atoms with E-state index in [1.165, 1.54) is 29.7 Å². The maximum atomic E-state index is 12.6. The molecule has 170 valence electrons. The highest BCUT2D eigenvalue weighted by molar-refractivity contribution is 6.39. The Bertz CT molecular complexity index is 977. The largest absolute Gasteiger partial charge is 0.374 e. The lowest BCUT2D eigenvalue weighted by molar-refractivity contribution is -0.136. The first-order valence-electron chi connectivity index (χ1n) is 11.7. The van der Waals surface area contributed by atoms with Crippen LogP contribution in [0.15, 0.2) is 36.4 Å². The first kappa shape index (κ1) is 22.3. The fourth-order valence-electron chi connectivity index (χ4n) is 5.03. The van der Waals surface area contributed by atoms with E-state index in [2.05, 4.69) is 45.7 Å². The lowest BCUT2D eigenvalue weighted by Crippen LogP contribution is -2.41. The van der Waals surface area contributed by atoms with Crippen LogP contribution < -0.4 is 15.5 Å². The fourth-order valence-corrected chi connectivity index (χ4v) is 5.03. The Morgan fingerprint density at radius 2 is 1.66 bits per heavy atom. The first-order chi connectivity index (χ1) is 15.4. The molecule has 2 amide bonds. The lowest BCUT2D eigenvalue weighted by atomic mass is 9.96. The third-order valence-electron chi connectivity index (χ3n) is 6.56. The van der Waals surface area contributed by atoms with Crippen molar-refractivity contribution in [2.24, 2.45) is 0 Å². The summed E-state index contributed by atoms with van der Waals surface area (Å²) in [7, 11) is 2.14. The third-order valence-corrected chi connectivity index (χ3v) is 6.56. The van der Waals surface area contributed by atoms with Crippen molar-refractivity contribution >= 4 is 23.2 Å². The van der Waals surface area contributed by atoms with Crippen molar-refractivity contribution in [2.75, 3.05) is 43.4 Å². The normalized spacial score (nSPS) is 17.0. The molecule has 1 atom stereocenters. The van der Waals surface area contributed by atoms with E-state index >= 15 is 0 Å². The van der Waals surface area contributed by atoms with Gasteiger partial charge in [0.1, 0.15) is 0 Å². The van der Waals surface area contributed by atoms with E-state index < -0.39 is 11.8 Å². The number of nitrogens with one attached hydrogen (secondary N) is 2. The van der Waals surface area contributed by atoms with Gasteiger partial charge in [0.25, 0.3) is 0 Å². The second kappa shape index (κ2) is 9.74. The molecule has 2 N–H and O–H groups in total. The van der Waals surface area contributed by atoms with Gasteiger partial charge in [0.2, 0.25) is 0 Å². The van der Waals surface area contributed by atoms with Crippen LogP contribution in [0.2, 0.25) is 0 Å². The second-order valence-corrected chi connectivity index (χ2v) is 9.21. The molecule has 1 fully saturated rings. The highest BCUT2D eigenvalue weighted by Gasteiger charge is 2.26. The van der Waals surface area contributed by atoms with Gasteiger partial charge in [-0.05, 0) is 93.1 Å². The number of aryl methyl sites for hydroxylation is 3. The topological polar surface area (TPSA) is 64.7 Å². The standard InChI is InChI=1S/C26H34N4O2/c1-18-13-19(2)15-22(14-18)28-26(32)25(31)27-17-24(30-11-4-5-12-30)21-8-9-23-20(16-21)7-6-10-29(23)3/h8-9,13-16,24H,4-7,10-12,17H2,1-3H3,(H,27,31)(H,28,32)/t24-/m0/s1. The van der Waals surface area contributed by atoms with Gasteiger partial charge in [-0.15, -0.1) is 0 Å². The van der Waals surface area contributed by atoms with Crippen molar-refractivity contribution < 1.29 is 9.59 Å². The monoisotopic (exact) mass is 434 g/mol. The van der Waals surface area contributed by atoms with Gasteiger partial charge in [-0.1, -0.05) is 18.2 Å². The number of anilines is 2. The molecule has 6 nitrogen and oxygen atoms in total. The molecule has 1 saturated heterocycles. The summed E-state index contributed by atoms with van der Waals surface area (Å²) in [5.41, 5.74) is 6.64. The van der Waals surface area contributed by atoms with Gasteiger partial charge in [-0.3, -0.25) is 14.5 Å². The van der Waals surface area contributed by atoms with Crippen LogP contribution in [0.1, 0.15) is 47.6 Å². The molecule has 0 unspecified atom stereocenters. The Morgan fingerprint density at radius 3 is 2.38 bits per heavy atom. The molecule has 4 rings (SSSR count). The van der Waals surface area contributed by atoms with Gasteiger partial charge in [-0.25, -0.2) is 0 Å². The number of hydrogen-bond acceptors (Lipinski definition) is 4. The summed E-state index contributed by atoms with van der Waals surface area (Å²) in [4.78, 5) is 29.8. The van der Waals surface area contributed by atoms with E-state index in [0.29, 0.717) is 12.2 Å². The smallest absolute Gasteiger partial charge is 0.313 e. The van der Waals surface area contributed by atoms with Crippen molar-refractivity contribution in [3.63, 3.8) is 0 Å². The summed E-state index contributed by atoms with van der Waals surface area (Å²) in [5.74, 6) is -1.21. The summed E-state index contributed by atoms with van der Waals surface area (Å²) in [6, 6.07) is 12.5. The average molecular weight is 435 g/mol. The summed E-state index contributed by atoms with van der Waals surface area (Å²) in [5, 5.41) is 5.63. The average Bonchev–Trinajstić information content (AvgIpc) is 3.27. The summed E-state index contributed by atoms with van der Waals surface area (Å²) in [6.07, 6.45) is 4.60. The summed E-state index contributed by atoms with van der Waals surface area (Å²) >= 11 is 0. The van der Waals surface area contributed by atoms with E-state index in [0.717, 1.165) is 43.6 Å². The molecule has 2 aromatic carbocycles. The zero-order chi connectivity index (χ0) is 22.7. The van der Waals surface area contributed by atoms with Crippen molar-refractivity contribution in [3.05, 3.63) is 58.7 Å². The van der Waals surface area contributed by atoms with Gasteiger partial charge < -0.3 is 15.5 Å². The van der Waals surface area contributed by atoms with Gasteiger partial charge in [-0.2, -0.15) is 0 Å². The zero-order valence-electron chi connectivity index (χ0n) is 19.4. The fraction of sp³-hybridized carbons (Fsp3) is 0.462. The second-order valence-electron chi connectivity index (χ2n) is 9.21. The number of carbonyl (C=O) groups excluding carboxylic acids is 2. The molecule has 0 bridgehead atoms. The van der Waals surface area contributed by atoms with Crippen molar-refractivity contribution in [2.45, 2.75) is 45.6 Å². The number of fused-ring (bicyclic) bond motifs is 1. The molecule has 2 aromatic rings. The van der Waals surface area contributed by atoms with Crippen LogP contribution in [0.3, 0.4) is 0 Å². The number of likely N-dealkylation sites (tertiary alicyclic amines) is 1. The maximum Gasteiger partial charge on any atom is 0.313 e. The molecular weight excluding hydrogens is 400 g/mol. The minimum absolute atomic E-state index is 0.0768. The molecule has 0 radical (unpaired) electrons. The molecule has 2 heterocycles. The lowest BCUT2D eigenvalue weighted by Gasteiger charge is -2.31. The number of carbonyl (C=O) groups is 2. The van der Waals surface area contributed by atoms with Crippen LogP contribution in [-0.4, -0.2) is 49.9 Å². The van der Waals surface area contributed by atoms with Crippen molar-refractivity contribution in [1.82, 2.24) is 10.2 Å². The minimum atomic E-state index is -0.623. The van der Waals surface area contributed by atoms with Gasteiger partial charge in [0.05, 0.1) is 6.04 Å². The van der Waals surface area contributed by atoms with Gasteiger partial charge in [0.15, 0.2) is 0 Å². The van der Waals surface area contributed by atoms with E-state index in [4.69, 9.17) is 0 Å².